The molecule has 1 aromatic rings. The molecule has 0 aliphatic rings. The molecule has 2 amide bonds. The van der Waals surface area contributed by atoms with Gasteiger partial charge in [0.2, 0.25) is 11.8 Å². The van der Waals surface area contributed by atoms with Gasteiger partial charge in [-0.05, 0) is 24.6 Å². The van der Waals surface area contributed by atoms with E-state index in [4.69, 9.17) is 0 Å². The fraction of sp³-hybridized carbons (Fsp3) is 0.385. The van der Waals surface area contributed by atoms with Gasteiger partial charge >= 0.3 is 0 Å². The third-order valence-corrected chi connectivity index (χ3v) is 3.10. The first-order valence-electron chi connectivity index (χ1n) is 5.87. The van der Waals surface area contributed by atoms with Crippen LogP contribution in [0.1, 0.15) is 25.5 Å². The molecule has 0 heterocycles. The lowest BCUT2D eigenvalue weighted by Gasteiger charge is -2.20. The van der Waals surface area contributed by atoms with Crippen LogP contribution in [0.4, 0.5) is 0 Å². The Labute approximate surface area is 120 Å². The summed E-state index contributed by atoms with van der Waals surface area (Å²) in [6, 6.07) is 6.77. The molecule has 5 nitrogen and oxygen atoms in total. The van der Waals surface area contributed by atoms with Crippen LogP contribution in [0.5, 0.6) is 0 Å². The van der Waals surface area contributed by atoms with Crippen molar-refractivity contribution >= 4 is 27.7 Å². The summed E-state index contributed by atoms with van der Waals surface area (Å²) in [5.41, 5.74) is 0.718. The van der Waals surface area contributed by atoms with E-state index in [0.717, 1.165) is 10.0 Å². The molecule has 2 unspecified atom stereocenters. The number of amides is 2. The Morgan fingerprint density at radius 2 is 1.89 bits per heavy atom. The van der Waals surface area contributed by atoms with Gasteiger partial charge in [0.05, 0.1) is 18.7 Å². The second-order valence-electron chi connectivity index (χ2n) is 4.26. The molecule has 0 aromatic heterocycles. The van der Waals surface area contributed by atoms with Crippen LogP contribution in [0.3, 0.4) is 0 Å². The van der Waals surface area contributed by atoms with Crippen LogP contribution < -0.4 is 10.6 Å². The topological polar surface area (TPSA) is 78.4 Å². The van der Waals surface area contributed by atoms with Crippen molar-refractivity contribution in [3.63, 3.8) is 0 Å². The molecule has 1 aromatic carbocycles. The van der Waals surface area contributed by atoms with Gasteiger partial charge in [0.15, 0.2) is 0 Å². The highest BCUT2D eigenvalue weighted by atomic mass is 79.9. The van der Waals surface area contributed by atoms with Crippen molar-refractivity contribution < 1.29 is 14.7 Å². The summed E-state index contributed by atoms with van der Waals surface area (Å²) in [6.07, 6.45) is -0.797. The molecule has 0 spiro atoms. The summed E-state index contributed by atoms with van der Waals surface area (Å²) in [6.45, 7) is 2.96. The molecule has 0 radical (unpaired) electrons. The number of halogens is 1. The number of hydrogen-bond donors (Lipinski definition) is 3. The third kappa shape index (κ3) is 5.40. The number of hydrogen-bond acceptors (Lipinski definition) is 3. The van der Waals surface area contributed by atoms with Crippen LogP contribution in [0, 0.1) is 0 Å². The van der Waals surface area contributed by atoms with Gasteiger partial charge in [-0.1, -0.05) is 28.1 Å². The van der Waals surface area contributed by atoms with Crippen LogP contribution in [-0.2, 0) is 9.59 Å². The lowest BCUT2D eigenvalue weighted by Crippen LogP contribution is -2.42. The molecule has 0 aliphatic carbocycles. The van der Waals surface area contributed by atoms with Gasteiger partial charge in [0.25, 0.3) is 0 Å². The van der Waals surface area contributed by atoms with E-state index in [0.29, 0.717) is 0 Å². The summed E-state index contributed by atoms with van der Waals surface area (Å²) in [7, 11) is 0. The molecule has 3 N–H and O–H groups in total. The largest absolute Gasteiger partial charge is 0.386 e. The second-order valence-corrected chi connectivity index (χ2v) is 5.18. The standard InChI is InChI=1S/C13H17BrN2O3/c1-8(16-12(18)7-15-9(2)17)13(19)10-3-5-11(14)6-4-10/h3-6,8,13,19H,7H2,1-2H3,(H,15,17)(H,16,18). The number of carbonyl (C=O) groups excluding carboxylic acids is 2. The molecule has 2 atom stereocenters. The van der Waals surface area contributed by atoms with Gasteiger partial charge in [0, 0.05) is 11.4 Å². The van der Waals surface area contributed by atoms with E-state index in [1.807, 2.05) is 12.1 Å². The van der Waals surface area contributed by atoms with Crippen LogP contribution in [0.15, 0.2) is 28.7 Å². The summed E-state index contributed by atoms with van der Waals surface area (Å²) >= 11 is 3.31. The summed E-state index contributed by atoms with van der Waals surface area (Å²) in [5.74, 6) is -0.602. The molecule has 0 saturated heterocycles. The van der Waals surface area contributed by atoms with Crippen LogP contribution in [0.25, 0.3) is 0 Å². The van der Waals surface area contributed by atoms with Crippen molar-refractivity contribution in [3.05, 3.63) is 34.3 Å². The fourth-order valence-corrected chi connectivity index (χ4v) is 1.80. The minimum Gasteiger partial charge on any atom is -0.386 e. The van der Waals surface area contributed by atoms with Crippen molar-refractivity contribution in [1.29, 1.82) is 0 Å². The monoisotopic (exact) mass is 328 g/mol. The summed E-state index contributed by atoms with van der Waals surface area (Å²) < 4.78 is 0.922. The quantitative estimate of drug-likeness (QED) is 0.758. The lowest BCUT2D eigenvalue weighted by molar-refractivity contribution is -0.125. The average molecular weight is 329 g/mol. The van der Waals surface area contributed by atoms with E-state index in [1.54, 1.807) is 19.1 Å². The molecule has 0 aliphatic heterocycles. The molecular weight excluding hydrogens is 312 g/mol. The number of benzene rings is 1. The molecular formula is C13H17BrN2O3. The zero-order chi connectivity index (χ0) is 14.4. The van der Waals surface area contributed by atoms with Crippen LogP contribution in [-0.4, -0.2) is 29.5 Å². The Balaban J connectivity index is 2.52. The molecule has 1 rings (SSSR count). The molecule has 0 fully saturated rings. The molecule has 6 heteroatoms. The van der Waals surface area contributed by atoms with Crippen molar-refractivity contribution in [1.82, 2.24) is 10.6 Å². The number of nitrogens with one attached hydrogen (secondary N) is 2. The molecule has 104 valence electrons. The van der Waals surface area contributed by atoms with E-state index >= 15 is 0 Å². The number of carbonyl (C=O) groups is 2. The van der Waals surface area contributed by atoms with Gasteiger partial charge in [-0.3, -0.25) is 9.59 Å². The maximum absolute atomic E-state index is 11.5. The van der Waals surface area contributed by atoms with E-state index in [-0.39, 0.29) is 18.4 Å². The number of aliphatic hydroxyl groups is 1. The fourth-order valence-electron chi connectivity index (χ4n) is 1.54. The Hall–Kier alpha value is -1.40. The number of aliphatic hydroxyl groups excluding tert-OH is 1. The van der Waals surface area contributed by atoms with Crippen molar-refractivity contribution in [2.45, 2.75) is 26.0 Å². The Kier molecular flexibility index (Phi) is 5.98. The molecule has 0 saturated carbocycles. The van der Waals surface area contributed by atoms with E-state index in [9.17, 15) is 14.7 Å². The predicted molar refractivity (Wildman–Crippen MR) is 75.4 cm³/mol. The zero-order valence-electron chi connectivity index (χ0n) is 10.8. The lowest BCUT2D eigenvalue weighted by atomic mass is 10.0. The maximum Gasteiger partial charge on any atom is 0.239 e. The zero-order valence-corrected chi connectivity index (χ0v) is 12.4. The summed E-state index contributed by atoms with van der Waals surface area (Å²) in [5, 5.41) is 15.1. The average Bonchev–Trinajstić information content (AvgIpc) is 2.36. The highest BCUT2D eigenvalue weighted by molar-refractivity contribution is 9.10. The van der Waals surface area contributed by atoms with Crippen LogP contribution >= 0.6 is 15.9 Å². The van der Waals surface area contributed by atoms with Crippen molar-refractivity contribution in [2.75, 3.05) is 6.54 Å². The predicted octanol–water partition coefficient (Wildman–Crippen LogP) is 1.12. The highest BCUT2D eigenvalue weighted by Gasteiger charge is 2.18. The Morgan fingerprint density at radius 3 is 2.42 bits per heavy atom. The minimum atomic E-state index is -0.797. The second kappa shape index (κ2) is 7.25. The van der Waals surface area contributed by atoms with E-state index in [1.165, 1.54) is 6.92 Å². The van der Waals surface area contributed by atoms with Gasteiger partial charge in [-0.25, -0.2) is 0 Å². The van der Waals surface area contributed by atoms with Crippen molar-refractivity contribution in [2.24, 2.45) is 0 Å². The number of rotatable bonds is 5. The first kappa shape index (κ1) is 15.7. The maximum atomic E-state index is 11.5. The first-order valence-corrected chi connectivity index (χ1v) is 6.66. The molecule has 0 bridgehead atoms. The summed E-state index contributed by atoms with van der Waals surface area (Å²) in [4.78, 5) is 22.2. The Bertz CT molecular complexity index is 448. The third-order valence-electron chi connectivity index (χ3n) is 2.57. The highest BCUT2D eigenvalue weighted by Crippen LogP contribution is 2.19. The van der Waals surface area contributed by atoms with Crippen molar-refractivity contribution in [3.8, 4) is 0 Å². The van der Waals surface area contributed by atoms with Gasteiger partial charge in [0.1, 0.15) is 0 Å². The smallest absolute Gasteiger partial charge is 0.239 e. The minimum absolute atomic E-state index is 0.0905. The van der Waals surface area contributed by atoms with Gasteiger partial charge < -0.3 is 15.7 Å². The normalized spacial score (nSPS) is 13.5. The first-order chi connectivity index (χ1) is 8.90. The van der Waals surface area contributed by atoms with E-state index < -0.39 is 12.1 Å². The van der Waals surface area contributed by atoms with Crippen LogP contribution in [0.2, 0.25) is 0 Å². The SMILES string of the molecule is CC(=O)NCC(=O)NC(C)C(O)c1ccc(Br)cc1. The van der Waals surface area contributed by atoms with Gasteiger partial charge in [-0.15, -0.1) is 0 Å². The van der Waals surface area contributed by atoms with Gasteiger partial charge in [-0.2, -0.15) is 0 Å². The van der Waals surface area contributed by atoms with E-state index in [2.05, 4.69) is 26.6 Å². The Morgan fingerprint density at radius 1 is 1.32 bits per heavy atom. The molecule has 19 heavy (non-hydrogen) atoms.